The summed E-state index contributed by atoms with van der Waals surface area (Å²) in [6.07, 6.45) is 5.52. The monoisotopic (exact) mass is 574 g/mol. The molecule has 5 rings (SSSR count). The molecule has 7 heteroatoms. The van der Waals surface area contributed by atoms with Crippen molar-refractivity contribution in [2.45, 2.75) is 45.5 Å². The largest absolute Gasteiger partial charge is 0.488 e. The summed E-state index contributed by atoms with van der Waals surface area (Å²) in [5, 5.41) is 0.920. The number of aromatic nitrogens is 1. The van der Waals surface area contributed by atoms with E-state index >= 15 is 0 Å². The first-order valence-corrected chi connectivity index (χ1v) is 14.5. The Bertz CT molecular complexity index is 1510. The van der Waals surface area contributed by atoms with Crippen molar-refractivity contribution in [3.63, 3.8) is 0 Å². The van der Waals surface area contributed by atoms with Crippen molar-refractivity contribution in [3.8, 4) is 16.9 Å². The van der Waals surface area contributed by atoms with Crippen LogP contribution in [0.4, 0.5) is 13.2 Å². The highest BCUT2D eigenvalue weighted by molar-refractivity contribution is 7.27. The van der Waals surface area contributed by atoms with Gasteiger partial charge in [0.1, 0.15) is 12.4 Å². The first-order valence-electron chi connectivity index (χ1n) is 13.9. The van der Waals surface area contributed by atoms with Crippen LogP contribution in [-0.2, 0) is 19.3 Å². The van der Waals surface area contributed by atoms with Crippen molar-refractivity contribution in [2.24, 2.45) is 0 Å². The molecule has 1 unspecified atom stereocenters. The molecule has 0 bridgehead atoms. The lowest BCUT2D eigenvalue weighted by molar-refractivity contribution is -0.137. The number of alkyl halides is 3. The van der Waals surface area contributed by atoms with Crippen LogP contribution in [0.25, 0.3) is 23.3 Å². The highest BCUT2D eigenvalue weighted by Gasteiger charge is 2.34. The van der Waals surface area contributed by atoms with Crippen molar-refractivity contribution < 1.29 is 17.9 Å². The molecule has 0 saturated carbocycles. The Hall–Kier alpha value is -3.47. The third kappa shape index (κ3) is 7.44. The Labute approximate surface area is 242 Å². The third-order valence-electron chi connectivity index (χ3n) is 7.49. The highest BCUT2D eigenvalue weighted by atomic mass is 31.0. The predicted molar refractivity (Wildman–Crippen MR) is 164 cm³/mol. The van der Waals surface area contributed by atoms with Crippen LogP contribution in [0.3, 0.4) is 0 Å². The van der Waals surface area contributed by atoms with E-state index in [9.17, 15) is 13.2 Å². The molecule has 3 nitrogen and oxygen atoms in total. The second-order valence-corrected chi connectivity index (χ2v) is 11.2. The SMILES string of the molecule is Cc1c(/C=C/c2cc(OCc3cncc(P)c3)c(CN3CCCCC3)cc2C(F)(F)F)cccc1-c1ccccc1. The molecule has 1 aromatic heterocycles. The van der Waals surface area contributed by atoms with E-state index in [4.69, 9.17) is 4.74 Å². The molecule has 4 aromatic rings. The molecule has 1 fully saturated rings. The zero-order valence-corrected chi connectivity index (χ0v) is 24.3. The molecule has 3 aromatic carbocycles. The number of hydrogen-bond acceptors (Lipinski definition) is 3. The van der Waals surface area contributed by atoms with Gasteiger partial charge in [0.05, 0.1) is 5.56 Å². The number of nitrogens with zero attached hydrogens (tertiary/aromatic N) is 2. The van der Waals surface area contributed by atoms with Gasteiger partial charge in [-0.15, -0.1) is 9.24 Å². The number of halogens is 3. The molecule has 212 valence electrons. The second kappa shape index (κ2) is 13.0. The van der Waals surface area contributed by atoms with Crippen molar-refractivity contribution in [2.75, 3.05) is 13.1 Å². The maximum atomic E-state index is 14.4. The van der Waals surface area contributed by atoms with E-state index in [0.29, 0.717) is 17.9 Å². The normalized spacial score (nSPS) is 14.5. The van der Waals surface area contributed by atoms with Gasteiger partial charge < -0.3 is 4.74 Å². The average molecular weight is 575 g/mol. The summed E-state index contributed by atoms with van der Waals surface area (Å²) in [6.45, 7) is 4.38. The van der Waals surface area contributed by atoms with Crippen LogP contribution in [0.15, 0.2) is 79.1 Å². The predicted octanol–water partition coefficient (Wildman–Crippen LogP) is 8.31. The standard InChI is InChI=1S/C34H34F3N2OP/c1-24-26(11-8-12-31(24)27-9-4-2-5-10-27)13-14-28-19-33(40-23-25-17-30(41)21-38-20-25)29(18-32(28)34(35,36)37)22-39-15-6-3-7-16-39/h2,4-5,8-14,17-21H,3,6-7,15-16,22-23,41H2,1H3/b14-13+. The minimum atomic E-state index is -4.51. The molecule has 1 saturated heterocycles. The number of likely N-dealkylation sites (tertiary alicyclic amines) is 1. The lowest BCUT2D eigenvalue weighted by Gasteiger charge is -2.28. The number of benzene rings is 3. The Morgan fingerprint density at radius 1 is 0.902 bits per heavy atom. The average Bonchev–Trinajstić information content (AvgIpc) is 2.96. The molecule has 0 N–H and O–H groups in total. The van der Waals surface area contributed by atoms with Crippen LogP contribution in [0.5, 0.6) is 5.75 Å². The van der Waals surface area contributed by atoms with Crippen LogP contribution in [0, 0.1) is 6.92 Å². The molecule has 41 heavy (non-hydrogen) atoms. The van der Waals surface area contributed by atoms with Crippen molar-refractivity contribution >= 4 is 26.7 Å². The molecule has 1 aliphatic heterocycles. The summed E-state index contributed by atoms with van der Waals surface area (Å²) < 4.78 is 49.5. The third-order valence-corrected chi connectivity index (χ3v) is 7.81. The first kappa shape index (κ1) is 29.0. The van der Waals surface area contributed by atoms with Gasteiger partial charge in [-0.25, -0.2) is 0 Å². The van der Waals surface area contributed by atoms with Gasteiger partial charge in [-0.2, -0.15) is 13.2 Å². The van der Waals surface area contributed by atoms with Crippen LogP contribution >= 0.6 is 9.24 Å². The van der Waals surface area contributed by atoms with Crippen LogP contribution in [-0.4, -0.2) is 23.0 Å². The highest BCUT2D eigenvalue weighted by Crippen LogP contribution is 2.38. The van der Waals surface area contributed by atoms with E-state index in [0.717, 1.165) is 65.5 Å². The lowest BCUT2D eigenvalue weighted by Crippen LogP contribution is -2.29. The molecule has 1 atom stereocenters. The topological polar surface area (TPSA) is 25.4 Å². The van der Waals surface area contributed by atoms with Gasteiger partial charge in [-0.05, 0) is 84.2 Å². The molecular formula is C34H34F3N2OP. The fourth-order valence-corrected chi connectivity index (χ4v) is 5.63. The molecule has 0 radical (unpaired) electrons. The maximum Gasteiger partial charge on any atom is 0.417 e. The first-order chi connectivity index (χ1) is 19.8. The number of rotatable bonds is 8. The summed E-state index contributed by atoms with van der Waals surface area (Å²) in [6, 6.07) is 20.6. The van der Waals surface area contributed by atoms with Crippen molar-refractivity contribution in [1.29, 1.82) is 0 Å². The minimum Gasteiger partial charge on any atom is -0.488 e. The Kier molecular flexibility index (Phi) is 9.22. The fraction of sp³-hybridized carbons (Fsp3) is 0.265. The molecule has 1 aliphatic rings. The van der Waals surface area contributed by atoms with Gasteiger partial charge in [0, 0.05) is 30.1 Å². The molecular weight excluding hydrogens is 540 g/mol. The van der Waals surface area contributed by atoms with Crippen LogP contribution < -0.4 is 10.0 Å². The number of piperidine rings is 1. The Morgan fingerprint density at radius 3 is 2.39 bits per heavy atom. The minimum absolute atomic E-state index is 0.0809. The molecule has 0 aliphatic carbocycles. The number of ether oxygens (including phenoxy) is 1. The smallest absolute Gasteiger partial charge is 0.417 e. The zero-order chi connectivity index (χ0) is 28.8. The van der Waals surface area contributed by atoms with Gasteiger partial charge in [0.15, 0.2) is 0 Å². The number of pyridine rings is 1. The van der Waals surface area contributed by atoms with E-state index in [1.165, 1.54) is 6.07 Å². The van der Waals surface area contributed by atoms with Gasteiger partial charge in [0.25, 0.3) is 0 Å². The van der Waals surface area contributed by atoms with Crippen molar-refractivity contribution in [3.05, 3.63) is 113 Å². The van der Waals surface area contributed by atoms with Crippen LogP contribution in [0.2, 0.25) is 0 Å². The van der Waals surface area contributed by atoms with E-state index in [-0.39, 0.29) is 12.2 Å². The summed E-state index contributed by atoms with van der Waals surface area (Å²) >= 11 is 0. The van der Waals surface area contributed by atoms with Gasteiger partial charge in [-0.3, -0.25) is 9.88 Å². The van der Waals surface area contributed by atoms with Crippen molar-refractivity contribution in [1.82, 2.24) is 9.88 Å². The Balaban J connectivity index is 1.52. The summed E-state index contributed by atoms with van der Waals surface area (Å²) in [5.41, 5.74) is 4.82. The van der Waals surface area contributed by atoms with E-state index in [2.05, 4.69) is 19.1 Å². The number of hydrogen-bond donors (Lipinski definition) is 0. The molecule has 2 heterocycles. The molecule has 0 spiro atoms. The Morgan fingerprint density at radius 2 is 1.66 bits per heavy atom. The second-order valence-electron chi connectivity index (χ2n) is 10.5. The quantitative estimate of drug-likeness (QED) is 0.156. The van der Waals surface area contributed by atoms with E-state index in [1.807, 2.05) is 61.5 Å². The maximum absolute atomic E-state index is 14.4. The van der Waals surface area contributed by atoms with Gasteiger partial charge >= 0.3 is 6.18 Å². The summed E-state index contributed by atoms with van der Waals surface area (Å²) in [5.74, 6) is 0.465. The summed E-state index contributed by atoms with van der Waals surface area (Å²) in [4.78, 5) is 6.42. The summed E-state index contributed by atoms with van der Waals surface area (Å²) in [7, 11) is 2.61. The fourth-order valence-electron chi connectivity index (χ4n) is 5.33. The van der Waals surface area contributed by atoms with Gasteiger partial charge in [-0.1, -0.05) is 67.1 Å². The zero-order valence-electron chi connectivity index (χ0n) is 23.1. The van der Waals surface area contributed by atoms with E-state index in [1.54, 1.807) is 30.6 Å². The van der Waals surface area contributed by atoms with E-state index < -0.39 is 11.7 Å². The van der Waals surface area contributed by atoms with Crippen LogP contribution in [0.1, 0.15) is 52.6 Å². The lowest BCUT2D eigenvalue weighted by atomic mass is 9.95. The van der Waals surface area contributed by atoms with Gasteiger partial charge in [0.2, 0.25) is 0 Å². The molecule has 0 amide bonds.